The fourth-order valence-corrected chi connectivity index (χ4v) is 3.91. The van der Waals surface area contributed by atoms with Crippen molar-refractivity contribution in [2.75, 3.05) is 18.5 Å². The highest BCUT2D eigenvalue weighted by atomic mass is 35.5. The molecule has 0 radical (unpaired) electrons. The number of carbonyl (C=O) groups excluding carboxylic acids is 2. The number of halogens is 1. The Labute approximate surface area is 180 Å². The van der Waals surface area contributed by atoms with E-state index in [0.717, 1.165) is 0 Å². The van der Waals surface area contributed by atoms with Crippen molar-refractivity contribution in [2.45, 2.75) is 30.7 Å². The largest absolute Gasteiger partial charge is 0.466 e. The van der Waals surface area contributed by atoms with E-state index in [4.69, 9.17) is 16.3 Å². The molecule has 10 heteroatoms. The Morgan fingerprint density at radius 1 is 1.10 bits per heavy atom. The smallest absolute Gasteiger partial charge is 0.310 e. The Balaban J connectivity index is 2.06. The zero-order chi connectivity index (χ0) is 22.1. The number of benzene rings is 2. The minimum atomic E-state index is -3.99. The summed E-state index contributed by atoms with van der Waals surface area (Å²) < 4.78 is 32.2. The maximum Gasteiger partial charge on any atom is 0.310 e. The highest BCUT2D eigenvalue weighted by molar-refractivity contribution is 7.89. The maximum atomic E-state index is 12.6. The summed E-state index contributed by atoms with van der Waals surface area (Å²) in [6, 6.07) is 10.8. The average molecular weight is 455 g/mol. The van der Waals surface area contributed by atoms with Crippen LogP contribution in [0.2, 0.25) is 5.02 Å². The minimum absolute atomic E-state index is 0.0500. The van der Waals surface area contributed by atoms with E-state index in [0.29, 0.717) is 22.9 Å². The lowest BCUT2D eigenvalue weighted by Crippen LogP contribution is -2.44. The van der Waals surface area contributed by atoms with E-state index in [-0.39, 0.29) is 30.3 Å². The monoisotopic (exact) mass is 454 g/mol. The van der Waals surface area contributed by atoms with Crippen molar-refractivity contribution < 1.29 is 27.9 Å². The lowest BCUT2D eigenvalue weighted by Gasteiger charge is -2.18. The molecule has 0 bridgehead atoms. The molecule has 30 heavy (non-hydrogen) atoms. The first-order valence-corrected chi connectivity index (χ1v) is 11.1. The van der Waals surface area contributed by atoms with Gasteiger partial charge in [-0.15, -0.1) is 0 Å². The SMILES string of the molecule is CCOC(=O)Cc1ccc(NC(=O)[C@H](CCO)NS(=O)(=O)c2ccc(Cl)cc2)cc1. The molecule has 0 spiro atoms. The third kappa shape index (κ3) is 7.10. The normalized spacial score (nSPS) is 12.2. The Morgan fingerprint density at radius 2 is 1.73 bits per heavy atom. The zero-order valence-corrected chi connectivity index (χ0v) is 17.9. The zero-order valence-electron chi connectivity index (χ0n) is 16.3. The Hall–Kier alpha value is -2.46. The van der Waals surface area contributed by atoms with E-state index in [1.165, 1.54) is 24.3 Å². The van der Waals surface area contributed by atoms with Gasteiger partial charge in [0.15, 0.2) is 0 Å². The summed E-state index contributed by atoms with van der Waals surface area (Å²) in [6.07, 6.45) is -0.00428. The van der Waals surface area contributed by atoms with Gasteiger partial charge in [0.2, 0.25) is 15.9 Å². The molecule has 0 fully saturated rings. The van der Waals surface area contributed by atoms with Gasteiger partial charge in [0.1, 0.15) is 6.04 Å². The van der Waals surface area contributed by atoms with Crippen molar-refractivity contribution in [3.8, 4) is 0 Å². The fourth-order valence-electron chi connectivity index (χ4n) is 2.56. The molecule has 1 atom stereocenters. The third-order valence-corrected chi connectivity index (χ3v) is 5.77. The molecule has 8 nitrogen and oxygen atoms in total. The summed E-state index contributed by atoms with van der Waals surface area (Å²) in [5.74, 6) is -0.978. The van der Waals surface area contributed by atoms with Crippen molar-refractivity contribution >= 4 is 39.2 Å². The van der Waals surface area contributed by atoms with Crippen molar-refractivity contribution in [2.24, 2.45) is 0 Å². The average Bonchev–Trinajstić information content (AvgIpc) is 2.69. The van der Waals surface area contributed by atoms with Crippen LogP contribution in [0.4, 0.5) is 5.69 Å². The van der Waals surface area contributed by atoms with Crippen LogP contribution in [0.25, 0.3) is 0 Å². The van der Waals surface area contributed by atoms with Crippen molar-refractivity contribution in [1.29, 1.82) is 0 Å². The van der Waals surface area contributed by atoms with Crippen LogP contribution in [-0.2, 0) is 30.8 Å². The second-order valence-corrected chi connectivity index (χ2v) is 8.46. The van der Waals surface area contributed by atoms with Crippen LogP contribution in [0, 0.1) is 0 Å². The molecule has 0 saturated carbocycles. The second-order valence-electron chi connectivity index (χ2n) is 6.31. The van der Waals surface area contributed by atoms with Gasteiger partial charge in [-0.1, -0.05) is 23.7 Å². The molecule has 2 aromatic rings. The van der Waals surface area contributed by atoms with Gasteiger partial charge < -0.3 is 15.2 Å². The van der Waals surface area contributed by atoms with Crippen molar-refractivity contribution in [3.63, 3.8) is 0 Å². The number of esters is 1. The Bertz CT molecular complexity index is 962. The van der Waals surface area contributed by atoms with E-state index in [1.807, 2.05) is 0 Å². The van der Waals surface area contributed by atoms with Crippen LogP contribution >= 0.6 is 11.6 Å². The predicted molar refractivity (Wildman–Crippen MR) is 113 cm³/mol. The summed E-state index contributed by atoms with van der Waals surface area (Å²) >= 11 is 5.77. The van der Waals surface area contributed by atoms with E-state index in [1.54, 1.807) is 31.2 Å². The van der Waals surface area contributed by atoms with Gasteiger partial charge in [0.25, 0.3) is 0 Å². The van der Waals surface area contributed by atoms with Gasteiger partial charge in [0.05, 0.1) is 17.9 Å². The molecule has 0 heterocycles. The van der Waals surface area contributed by atoms with Crippen LogP contribution < -0.4 is 10.0 Å². The summed E-state index contributed by atoms with van der Waals surface area (Å²) in [4.78, 5) is 24.0. The quantitative estimate of drug-likeness (QED) is 0.473. The Morgan fingerprint density at radius 3 is 2.30 bits per heavy atom. The van der Waals surface area contributed by atoms with E-state index < -0.39 is 22.0 Å². The minimum Gasteiger partial charge on any atom is -0.466 e. The summed E-state index contributed by atoms with van der Waals surface area (Å²) in [5.41, 5.74) is 1.13. The third-order valence-electron chi connectivity index (χ3n) is 4.03. The molecule has 2 rings (SSSR count). The van der Waals surface area contributed by atoms with Gasteiger partial charge in [-0.2, -0.15) is 4.72 Å². The lowest BCUT2D eigenvalue weighted by molar-refractivity contribution is -0.142. The number of nitrogens with one attached hydrogen (secondary N) is 2. The van der Waals surface area contributed by atoms with Crippen LogP contribution in [0.15, 0.2) is 53.4 Å². The second kappa shape index (κ2) is 11.1. The van der Waals surface area contributed by atoms with Gasteiger partial charge in [0, 0.05) is 17.3 Å². The van der Waals surface area contributed by atoms with Gasteiger partial charge in [-0.05, 0) is 55.3 Å². The highest BCUT2D eigenvalue weighted by Gasteiger charge is 2.25. The number of hydrogen-bond acceptors (Lipinski definition) is 6. The number of aliphatic hydroxyl groups is 1. The van der Waals surface area contributed by atoms with E-state index in [9.17, 15) is 23.1 Å². The predicted octanol–water partition coefficient (Wildman–Crippen LogP) is 2.11. The topological polar surface area (TPSA) is 122 Å². The number of rotatable bonds is 10. The van der Waals surface area contributed by atoms with Crippen LogP contribution in [0.5, 0.6) is 0 Å². The first kappa shape index (κ1) is 23.8. The molecule has 2 aromatic carbocycles. The molecule has 0 aliphatic rings. The summed E-state index contributed by atoms with van der Waals surface area (Å²) in [5, 5.41) is 12.2. The van der Waals surface area contributed by atoms with Crippen molar-refractivity contribution in [3.05, 3.63) is 59.1 Å². The molecule has 3 N–H and O–H groups in total. The number of aliphatic hydroxyl groups excluding tert-OH is 1. The standard InChI is InChI=1S/C20H23ClN2O6S/c1-2-29-19(25)13-14-3-7-16(8-4-14)22-20(26)18(11-12-24)23-30(27,28)17-9-5-15(21)6-10-17/h3-10,18,23-24H,2,11-13H2,1H3,(H,22,26)/t18-/m0/s1. The molecule has 0 unspecified atom stereocenters. The first-order chi connectivity index (χ1) is 14.2. The van der Waals surface area contributed by atoms with E-state index in [2.05, 4.69) is 10.0 Å². The number of sulfonamides is 1. The molecule has 0 saturated heterocycles. The summed E-state index contributed by atoms with van der Waals surface area (Å²) in [7, 11) is -3.99. The summed E-state index contributed by atoms with van der Waals surface area (Å²) in [6.45, 7) is 1.63. The van der Waals surface area contributed by atoms with Crippen LogP contribution in [-0.4, -0.2) is 44.7 Å². The molecular formula is C20H23ClN2O6S. The fraction of sp³-hybridized carbons (Fsp3) is 0.300. The number of amides is 1. The lowest BCUT2D eigenvalue weighted by atomic mass is 10.1. The molecule has 1 amide bonds. The van der Waals surface area contributed by atoms with Crippen LogP contribution in [0.1, 0.15) is 18.9 Å². The molecular weight excluding hydrogens is 432 g/mol. The van der Waals surface area contributed by atoms with Gasteiger partial charge >= 0.3 is 5.97 Å². The molecule has 0 aliphatic heterocycles. The number of ether oxygens (including phenoxy) is 1. The molecule has 0 aliphatic carbocycles. The number of anilines is 1. The number of hydrogen-bond donors (Lipinski definition) is 3. The van der Waals surface area contributed by atoms with Crippen LogP contribution in [0.3, 0.4) is 0 Å². The maximum absolute atomic E-state index is 12.6. The molecule has 0 aromatic heterocycles. The molecule has 162 valence electrons. The number of carbonyl (C=O) groups is 2. The highest BCUT2D eigenvalue weighted by Crippen LogP contribution is 2.16. The Kier molecular flexibility index (Phi) is 8.79. The van der Waals surface area contributed by atoms with E-state index >= 15 is 0 Å². The van der Waals surface area contributed by atoms with Gasteiger partial charge in [-0.3, -0.25) is 9.59 Å². The van der Waals surface area contributed by atoms with Gasteiger partial charge in [-0.25, -0.2) is 8.42 Å². The van der Waals surface area contributed by atoms with Crippen molar-refractivity contribution in [1.82, 2.24) is 4.72 Å². The first-order valence-electron chi connectivity index (χ1n) is 9.19.